The fourth-order valence-corrected chi connectivity index (χ4v) is 8.54. The van der Waals surface area contributed by atoms with Gasteiger partial charge in [-0.05, 0) is 76.3 Å². The molecule has 3 aliphatic heterocycles. The number of anilines is 1. The highest BCUT2D eigenvalue weighted by molar-refractivity contribution is 7.93. The lowest BCUT2D eigenvalue weighted by molar-refractivity contribution is -0.132. The van der Waals surface area contributed by atoms with Crippen molar-refractivity contribution in [2.75, 3.05) is 71.4 Å². The zero-order valence-corrected chi connectivity index (χ0v) is 28.9. The molecule has 0 N–H and O–H groups in total. The van der Waals surface area contributed by atoms with Crippen LogP contribution in [0.25, 0.3) is 0 Å². The normalized spacial score (nSPS) is 20.6. The van der Waals surface area contributed by atoms with Gasteiger partial charge in [-0.2, -0.15) is 4.31 Å². The number of likely N-dealkylation sites (tertiary alicyclic amines) is 1. The van der Waals surface area contributed by atoms with E-state index in [1.165, 1.54) is 49.5 Å². The van der Waals surface area contributed by atoms with E-state index in [4.69, 9.17) is 18.9 Å². The lowest BCUT2D eigenvalue weighted by Crippen LogP contribution is -2.55. The van der Waals surface area contributed by atoms with Crippen molar-refractivity contribution in [2.24, 2.45) is 0 Å². The van der Waals surface area contributed by atoms with Crippen molar-refractivity contribution < 1.29 is 41.3 Å². The summed E-state index contributed by atoms with van der Waals surface area (Å²) < 4.78 is 67.5. The van der Waals surface area contributed by atoms with Gasteiger partial charge in [0.15, 0.2) is 0 Å². The Morgan fingerprint density at radius 3 is 2.29 bits per heavy atom. The van der Waals surface area contributed by atoms with Gasteiger partial charge in [0.05, 0.1) is 32.1 Å². The molecule has 3 aromatic carbocycles. The van der Waals surface area contributed by atoms with Crippen molar-refractivity contribution in [3.05, 3.63) is 77.6 Å². The van der Waals surface area contributed by atoms with Gasteiger partial charge < -0.3 is 28.7 Å². The fraction of sp³-hybridized carbons (Fsp3) is 0.429. The second-order valence-electron chi connectivity index (χ2n) is 12.3. The number of hydrogen-bond donors (Lipinski definition) is 0. The number of amides is 2. The molecule has 1 unspecified atom stereocenters. The molecule has 3 aliphatic rings. The van der Waals surface area contributed by atoms with Gasteiger partial charge in [-0.15, -0.1) is 0 Å². The quantitative estimate of drug-likeness (QED) is 0.324. The van der Waals surface area contributed by atoms with Crippen LogP contribution < -0.4 is 18.5 Å². The van der Waals surface area contributed by atoms with Crippen LogP contribution in [0, 0.1) is 5.82 Å². The number of ether oxygens (including phenoxy) is 4. The minimum absolute atomic E-state index is 0.0615. The lowest BCUT2D eigenvalue weighted by Gasteiger charge is -2.42. The van der Waals surface area contributed by atoms with Gasteiger partial charge in [0.1, 0.15) is 28.0 Å². The molecule has 1 atom stereocenters. The summed E-state index contributed by atoms with van der Waals surface area (Å²) in [6.45, 7) is 5.85. The molecule has 262 valence electrons. The molecule has 3 heterocycles. The Bertz CT molecular complexity index is 1830. The van der Waals surface area contributed by atoms with E-state index in [2.05, 4.69) is 16.8 Å². The molecule has 12 nitrogen and oxygen atoms in total. The van der Waals surface area contributed by atoms with Crippen molar-refractivity contribution in [1.29, 1.82) is 0 Å². The molecule has 0 aromatic heterocycles. The van der Waals surface area contributed by atoms with Crippen LogP contribution in [0.1, 0.15) is 30.9 Å². The maximum atomic E-state index is 15.2. The molecule has 0 bridgehead atoms. The molecule has 2 amide bonds. The number of carbonyl (C=O) groups is 2. The Hall–Kier alpha value is -4.40. The lowest BCUT2D eigenvalue weighted by atomic mass is 9.86. The van der Waals surface area contributed by atoms with Crippen molar-refractivity contribution in [3.63, 3.8) is 0 Å². The predicted molar refractivity (Wildman–Crippen MR) is 179 cm³/mol. The van der Waals surface area contributed by atoms with Crippen LogP contribution in [0.4, 0.5) is 14.9 Å². The number of methoxy groups -OCH3 is 2. The average molecular weight is 697 g/mol. The second kappa shape index (κ2) is 13.8. The predicted octanol–water partition coefficient (Wildman–Crippen LogP) is 4.07. The summed E-state index contributed by atoms with van der Waals surface area (Å²) in [5, 5.41) is 0. The molecule has 49 heavy (non-hydrogen) atoms. The van der Waals surface area contributed by atoms with E-state index < -0.39 is 33.4 Å². The SMILES string of the molecule is CCOc1ccccc1C1(OC(=O)N2CCN(C3CCN(C)CC3)CC2)C(=O)N(S(=O)(=O)c2ccc(OC)cc2OC)c2ccc(F)cc21. The average Bonchev–Trinajstić information content (AvgIpc) is 3.36. The summed E-state index contributed by atoms with van der Waals surface area (Å²) in [6.07, 6.45) is 1.25. The standard InChI is InChI=1S/C35H41FN4O8S/c1-5-47-30-9-7-6-8-27(30)35(48-34(42)39-20-18-38(19-21-39)25-14-16-37(2)17-15-25)28-22-24(36)10-12-29(28)40(33(35)41)49(43,44)32-13-11-26(45-3)23-31(32)46-4/h6-13,22-23,25H,5,14-21H2,1-4H3. The van der Waals surface area contributed by atoms with Gasteiger partial charge in [-0.3, -0.25) is 9.69 Å². The smallest absolute Gasteiger partial charge is 0.411 e. The van der Waals surface area contributed by atoms with Crippen LogP contribution in [0.3, 0.4) is 0 Å². The van der Waals surface area contributed by atoms with Crippen molar-refractivity contribution in [2.45, 2.75) is 36.3 Å². The van der Waals surface area contributed by atoms with Crippen LogP contribution in [0.15, 0.2) is 65.6 Å². The van der Waals surface area contributed by atoms with Crippen LogP contribution in [0.5, 0.6) is 17.2 Å². The van der Waals surface area contributed by atoms with Gasteiger partial charge >= 0.3 is 6.09 Å². The first kappa shape index (κ1) is 34.5. The van der Waals surface area contributed by atoms with Crippen LogP contribution in [-0.4, -0.2) is 108 Å². The molecule has 0 radical (unpaired) electrons. The van der Waals surface area contributed by atoms with Crippen LogP contribution in [-0.2, 0) is 25.2 Å². The van der Waals surface area contributed by atoms with Crippen LogP contribution >= 0.6 is 0 Å². The highest BCUT2D eigenvalue weighted by atomic mass is 32.2. The molecule has 2 saturated heterocycles. The molecule has 0 saturated carbocycles. The third-order valence-electron chi connectivity index (χ3n) is 9.51. The molecular weight excluding hydrogens is 655 g/mol. The highest BCUT2D eigenvalue weighted by Crippen LogP contribution is 2.52. The third kappa shape index (κ3) is 6.17. The minimum Gasteiger partial charge on any atom is -0.497 e. The number of piperidine rings is 1. The molecule has 0 spiro atoms. The highest BCUT2D eigenvalue weighted by Gasteiger charge is 2.61. The van der Waals surface area contributed by atoms with E-state index >= 15 is 4.39 Å². The summed E-state index contributed by atoms with van der Waals surface area (Å²) >= 11 is 0. The number of hydrogen-bond acceptors (Lipinski definition) is 10. The van der Waals surface area contributed by atoms with E-state index in [0.29, 0.717) is 42.3 Å². The molecule has 0 aliphatic carbocycles. The summed E-state index contributed by atoms with van der Waals surface area (Å²) in [7, 11) is 0.0765. The summed E-state index contributed by atoms with van der Waals surface area (Å²) in [4.78, 5) is 35.0. The maximum absolute atomic E-state index is 15.2. The van der Waals surface area contributed by atoms with E-state index in [9.17, 15) is 18.0 Å². The van der Waals surface area contributed by atoms with Gasteiger partial charge in [-0.25, -0.2) is 17.6 Å². The van der Waals surface area contributed by atoms with Crippen molar-refractivity contribution in [1.82, 2.24) is 14.7 Å². The van der Waals surface area contributed by atoms with E-state index in [0.717, 1.165) is 38.1 Å². The van der Waals surface area contributed by atoms with E-state index in [1.54, 1.807) is 25.1 Å². The van der Waals surface area contributed by atoms with Gasteiger partial charge in [0.25, 0.3) is 15.9 Å². The van der Waals surface area contributed by atoms with Gasteiger partial charge in [-0.1, -0.05) is 18.2 Å². The Labute approximate surface area is 285 Å². The Morgan fingerprint density at radius 2 is 1.61 bits per heavy atom. The number of fused-ring (bicyclic) bond motifs is 1. The first-order chi connectivity index (χ1) is 23.5. The largest absolute Gasteiger partial charge is 0.497 e. The first-order valence-electron chi connectivity index (χ1n) is 16.3. The number of nitrogens with zero attached hydrogens (tertiary/aromatic N) is 4. The number of benzene rings is 3. The third-order valence-corrected chi connectivity index (χ3v) is 11.3. The number of halogens is 1. The number of carbonyl (C=O) groups excluding carboxylic acids is 2. The minimum atomic E-state index is -4.75. The molecule has 3 aromatic rings. The first-order valence-corrected chi connectivity index (χ1v) is 17.7. The van der Waals surface area contributed by atoms with Crippen molar-refractivity contribution in [3.8, 4) is 17.2 Å². The zero-order valence-electron chi connectivity index (χ0n) is 28.1. The summed E-state index contributed by atoms with van der Waals surface area (Å²) in [6, 6.07) is 14.1. The second-order valence-corrected chi connectivity index (χ2v) is 14.0. The maximum Gasteiger partial charge on any atom is 0.411 e. The number of sulfonamides is 1. The number of piperazine rings is 1. The van der Waals surface area contributed by atoms with E-state index in [-0.39, 0.29) is 39.8 Å². The summed E-state index contributed by atoms with van der Waals surface area (Å²) in [5.41, 5.74) is -2.68. The monoisotopic (exact) mass is 696 g/mol. The molecule has 2 fully saturated rings. The number of rotatable bonds is 9. The number of para-hydroxylation sites is 1. The van der Waals surface area contributed by atoms with Gasteiger partial charge in [0, 0.05) is 43.9 Å². The Balaban J connectivity index is 1.43. The summed E-state index contributed by atoms with van der Waals surface area (Å²) in [5.74, 6) is -1.46. The van der Waals surface area contributed by atoms with E-state index in [1.807, 2.05) is 0 Å². The van der Waals surface area contributed by atoms with Gasteiger partial charge in [0.2, 0.25) is 5.60 Å². The zero-order chi connectivity index (χ0) is 34.9. The van der Waals surface area contributed by atoms with Crippen LogP contribution in [0.2, 0.25) is 0 Å². The molecular formula is C35H41FN4O8S. The Morgan fingerprint density at radius 1 is 0.898 bits per heavy atom. The molecule has 6 rings (SSSR count). The fourth-order valence-electron chi connectivity index (χ4n) is 6.94. The molecule has 14 heteroatoms. The topological polar surface area (TPSA) is 118 Å². The van der Waals surface area contributed by atoms with Crippen molar-refractivity contribution >= 4 is 27.7 Å². The Kier molecular flexibility index (Phi) is 9.74.